The fraction of sp³-hybridized carbons (Fsp3) is 0.167. The van der Waals surface area contributed by atoms with Crippen LogP contribution in [0.25, 0.3) is 0 Å². The maximum absolute atomic E-state index is 12.9. The predicted octanol–water partition coefficient (Wildman–Crippen LogP) is 3.68. The van der Waals surface area contributed by atoms with E-state index in [4.69, 9.17) is 16.3 Å². The van der Waals surface area contributed by atoms with E-state index in [2.05, 4.69) is 9.97 Å². The number of aryl methyl sites for hydroxylation is 1. The Morgan fingerprint density at radius 1 is 1.24 bits per heavy atom. The fourth-order valence-corrected chi connectivity index (χ4v) is 1.47. The zero-order valence-electron chi connectivity index (χ0n) is 9.37. The van der Waals surface area contributed by atoms with Crippen molar-refractivity contribution in [2.45, 2.75) is 13.8 Å². The van der Waals surface area contributed by atoms with Crippen molar-refractivity contribution in [1.82, 2.24) is 9.97 Å². The van der Waals surface area contributed by atoms with Crippen LogP contribution in [-0.2, 0) is 0 Å². The number of nitrogens with zero attached hydrogens (tertiary/aromatic N) is 2. The second-order valence-electron chi connectivity index (χ2n) is 3.61. The molecule has 0 atom stereocenters. The summed E-state index contributed by atoms with van der Waals surface area (Å²) in [5, 5.41) is 0.342. The first kappa shape index (κ1) is 11.8. The molecule has 1 aromatic heterocycles. The molecule has 0 aliphatic carbocycles. The summed E-state index contributed by atoms with van der Waals surface area (Å²) >= 11 is 5.85. The highest BCUT2D eigenvalue weighted by Gasteiger charge is 2.09. The molecule has 0 saturated carbocycles. The summed E-state index contributed by atoms with van der Waals surface area (Å²) in [5.41, 5.74) is 1.34. The third-order valence-corrected chi connectivity index (χ3v) is 2.70. The summed E-state index contributed by atoms with van der Waals surface area (Å²) in [6.45, 7) is 3.52. The summed E-state index contributed by atoms with van der Waals surface area (Å²) in [4.78, 5) is 7.82. The molecule has 2 aromatic rings. The van der Waals surface area contributed by atoms with E-state index in [1.54, 1.807) is 19.9 Å². The topological polar surface area (TPSA) is 35.0 Å². The van der Waals surface area contributed by atoms with Gasteiger partial charge in [-0.3, -0.25) is 0 Å². The third kappa shape index (κ3) is 2.53. The van der Waals surface area contributed by atoms with E-state index in [0.717, 1.165) is 0 Å². The van der Waals surface area contributed by atoms with Crippen molar-refractivity contribution in [2.24, 2.45) is 0 Å². The first-order valence-corrected chi connectivity index (χ1v) is 5.37. The van der Waals surface area contributed by atoms with Gasteiger partial charge >= 0.3 is 0 Å². The summed E-state index contributed by atoms with van der Waals surface area (Å²) in [6, 6.07) is 4.29. The van der Waals surface area contributed by atoms with Crippen LogP contribution in [0.15, 0.2) is 24.5 Å². The quantitative estimate of drug-likeness (QED) is 0.765. The Hall–Kier alpha value is -1.68. The molecule has 5 heteroatoms. The number of halogens is 2. The first-order chi connectivity index (χ1) is 8.08. The van der Waals surface area contributed by atoms with E-state index in [0.29, 0.717) is 27.9 Å². The minimum atomic E-state index is -0.299. The van der Waals surface area contributed by atoms with Crippen molar-refractivity contribution < 1.29 is 9.13 Å². The van der Waals surface area contributed by atoms with E-state index in [1.807, 2.05) is 0 Å². The van der Waals surface area contributed by atoms with Crippen LogP contribution in [0.3, 0.4) is 0 Å². The molecule has 0 amide bonds. The molecule has 17 heavy (non-hydrogen) atoms. The van der Waals surface area contributed by atoms with Crippen LogP contribution < -0.4 is 4.74 Å². The van der Waals surface area contributed by atoms with Crippen molar-refractivity contribution in [2.75, 3.05) is 0 Å². The predicted molar refractivity (Wildman–Crippen MR) is 63.0 cm³/mol. The van der Waals surface area contributed by atoms with Crippen molar-refractivity contribution in [3.05, 3.63) is 46.6 Å². The largest absolute Gasteiger partial charge is 0.438 e. The molecule has 2 rings (SSSR count). The molecule has 0 radical (unpaired) electrons. The van der Waals surface area contributed by atoms with Gasteiger partial charge in [0.05, 0.1) is 0 Å². The van der Waals surface area contributed by atoms with Crippen molar-refractivity contribution in [1.29, 1.82) is 0 Å². The van der Waals surface area contributed by atoms with Gasteiger partial charge in [-0.1, -0.05) is 11.6 Å². The molecule has 0 unspecified atom stereocenters. The Bertz CT molecular complexity index is 560. The van der Waals surface area contributed by atoms with Crippen molar-refractivity contribution >= 4 is 11.6 Å². The molecule has 1 heterocycles. The number of hydrogen-bond donors (Lipinski definition) is 0. The lowest BCUT2D eigenvalue weighted by Gasteiger charge is -2.09. The van der Waals surface area contributed by atoms with Crippen molar-refractivity contribution in [3.63, 3.8) is 0 Å². The SMILES string of the molecule is Cc1cc(F)ccc1Oc1ncnc(Cl)c1C. The number of benzene rings is 1. The molecular formula is C12H10ClFN2O. The molecule has 0 bridgehead atoms. The summed E-state index contributed by atoms with van der Waals surface area (Å²) < 4.78 is 18.5. The lowest BCUT2D eigenvalue weighted by molar-refractivity contribution is 0.452. The Labute approximate surface area is 103 Å². The molecule has 0 fully saturated rings. The molecular weight excluding hydrogens is 243 g/mol. The smallest absolute Gasteiger partial charge is 0.226 e. The van der Waals surface area contributed by atoms with Crippen LogP contribution in [-0.4, -0.2) is 9.97 Å². The Balaban J connectivity index is 2.35. The van der Waals surface area contributed by atoms with Gasteiger partial charge in [0.2, 0.25) is 5.88 Å². The maximum Gasteiger partial charge on any atom is 0.226 e. The highest BCUT2D eigenvalue weighted by atomic mass is 35.5. The van der Waals surface area contributed by atoms with Gasteiger partial charge in [0.15, 0.2) is 0 Å². The van der Waals surface area contributed by atoms with Crippen LogP contribution in [0.2, 0.25) is 5.15 Å². The van der Waals surface area contributed by atoms with Crippen molar-refractivity contribution in [3.8, 4) is 11.6 Å². The van der Waals surface area contributed by atoms with Gasteiger partial charge < -0.3 is 4.74 Å². The lowest BCUT2D eigenvalue weighted by atomic mass is 10.2. The van der Waals surface area contributed by atoms with Crippen LogP contribution in [0.5, 0.6) is 11.6 Å². The second kappa shape index (κ2) is 4.67. The summed E-state index contributed by atoms with van der Waals surface area (Å²) in [7, 11) is 0. The number of ether oxygens (including phenoxy) is 1. The van der Waals surface area contributed by atoms with Gasteiger partial charge in [-0.2, -0.15) is 0 Å². The average Bonchev–Trinajstić information content (AvgIpc) is 2.28. The molecule has 0 saturated heterocycles. The summed E-state index contributed by atoms with van der Waals surface area (Å²) in [5.74, 6) is 0.622. The van der Waals surface area contributed by atoms with E-state index in [9.17, 15) is 4.39 Å². The molecule has 1 aromatic carbocycles. The van der Waals surface area contributed by atoms with E-state index < -0.39 is 0 Å². The Morgan fingerprint density at radius 3 is 2.71 bits per heavy atom. The third-order valence-electron chi connectivity index (χ3n) is 2.32. The van der Waals surface area contributed by atoms with Gasteiger partial charge in [-0.15, -0.1) is 0 Å². The van der Waals surface area contributed by atoms with Gasteiger partial charge in [0.1, 0.15) is 23.0 Å². The Kier molecular flexibility index (Phi) is 3.24. The first-order valence-electron chi connectivity index (χ1n) is 4.99. The maximum atomic E-state index is 12.9. The highest BCUT2D eigenvalue weighted by molar-refractivity contribution is 6.30. The van der Waals surface area contributed by atoms with E-state index in [1.165, 1.54) is 18.5 Å². The molecule has 0 N–H and O–H groups in total. The normalized spacial score (nSPS) is 10.4. The van der Waals surface area contributed by atoms with E-state index >= 15 is 0 Å². The number of hydrogen-bond acceptors (Lipinski definition) is 3. The van der Waals surface area contributed by atoms with Gasteiger partial charge in [0.25, 0.3) is 0 Å². The van der Waals surface area contributed by atoms with Gasteiger partial charge in [-0.05, 0) is 37.6 Å². The molecule has 3 nitrogen and oxygen atoms in total. The second-order valence-corrected chi connectivity index (χ2v) is 3.96. The van der Waals surface area contributed by atoms with Crippen LogP contribution in [0.4, 0.5) is 4.39 Å². The van der Waals surface area contributed by atoms with Crippen LogP contribution in [0.1, 0.15) is 11.1 Å². The molecule has 0 spiro atoms. The van der Waals surface area contributed by atoms with Gasteiger partial charge in [-0.25, -0.2) is 14.4 Å². The molecule has 88 valence electrons. The lowest BCUT2D eigenvalue weighted by Crippen LogP contribution is -1.95. The minimum absolute atomic E-state index is 0.299. The monoisotopic (exact) mass is 252 g/mol. The molecule has 0 aliphatic rings. The van der Waals surface area contributed by atoms with E-state index in [-0.39, 0.29) is 5.82 Å². The molecule has 0 aliphatic heterocycles. The average molecular weight is 253 g/mol. The zero-order valence-corrected chi connectivity index (χ0v) is 10.1. The number of aromatic nitrogens is 2. The Morgan fingerprint density at radius 2 is 2.00 bits per heavy atom. The minimum Gasteiger partial charge on any atom is -0.438 e. The standard InChI is InChI=1S/C12H10ClFN2O/c1-7-5-9(14)3-4-10(7)17-12-8(2)11(13)15-6-16-12/h3-6H,1-2H3. The zero-order chi connectivity index (χ0) is 12.4. The number of rotatable bonds is 2. The van der Waals surface area contributed by atoms with Crippen LogP contribution in [0, 0.1) is 19.7 Å². The highest BCUT2D eigenvalue weighted by Crippen LogP contribution is 2.28. The summed E-state index contributed by atoms with van der Waals surface area (Å²) in [6.07, 6.45) is 1.32. The fourth-order valence-electron chi connectivity index (χ4n) is 1.35. The van der Waals surface area contributed by atoms with Gasteiger partial charge in [0, 0.05) is 5.56 Å². The van der Waals surface area contributed by atoms with Crippen LogP contribution >= 0.6 is 11.6 Å².